The molecule has 0 spiro atoms. The lowest BCUT2D eigenvalue weighted by molar-refractivity contribution is -0.118. The number of anilines is 2. The van der Waals surface area contributed by atoms with Gasteiger partial charge in [-0.25, -0.2) is 0 Å². The zero-order valence-electron chi connectivity index (χ0n) is 20.7. The first kappa shape index (κ1) is 25.6. The summed E-state index contributed by atoms with van der Waals surface area (Å²) in [5.74, 6) is 0.747. The van der Waals surface area contributed by atoms with Crippen molar-refractivity contribution in [1.29, 1.82) is 0 Å². The highest BCUT2D eigenvalue weighted by molar-refractivity contribution is 6.30. The van der Waals surface area contributed by atoms with Gasteiger partial charge in [0.15, 0.2) is 6.61 Å². The van der Waals surface area contributed by atoms with E-state index in [0.29, 0.717) is 27.9 Å². The fourth-order valence-electron chi connectivity index (χ4n) is 4.30. The molecule has 36 heavy (non-hydrogen) atoms. The molecule has 0 aromatic heterocycles. The minimum Gasteiger partial charge on any atom is -0.484 e. The van der Waals surface area contributed by atoms with Gasteiger partial charge in [0.05, 0.1) is 11.6 Å². The number of nitrogens with one attached hydrogen (secondary N) is 2. The second-order valence-corrected chi connectivity index (χ2v) is 9.73. The number of nitrogens with zero attached hydrogens (tertiary/aromatic N) is 1. The number of hydrogen-bond donors (Lipinski definition) is 2. The molecule has 1 unspecified atom stereocenters. The molecule has 6 nitrogen and oxygen atoms in total. The highest BCUT2D eigenvalue weighted by atomic mass is 35.5. The number of carbonyl (C=O) groups is 2. The van der Waals surface area contributed by atoms with Gasteiger partial charge in [-0.15, -0.1) is 0 Å². The third-order valence-electron chi connectivity index (χ3n) is 6.48. The van der Waals surface area contributed by atoms with Crippen molar-refractivity contribution in [3.8, 4) is 5.75 Å². The standard InChI is InChI=1S/C29H32ClN3O3/c1-20-14-16-33(17-15-20)27-13-10-24(32-28(34)19-36-25-11-8-23(30)9-12-25)18-26(27)29(35)31-21(2)22-6-4-3-5-7-22/h3-13,18,20-21H,14-17,19H2,1-2H3,(H,31,35)(H,32,34). The van der Waals surface area contributed by atoms with Gasteiger partial charge in [0, 0.05) is 29.5 Å². The number of benzene rings is 3. The predicted octanol–water partition coefficient (Wildman–Crippen LogP) is 6.08. The Hall–Kier alpha value is -3.51. The highest BCUT2D eigenvalue weighted by Gasteiger charge is 2.23. The average Bonchev–Trinajstić information content (AvgIpc) is 2.89. The quantitative estimate of drug-likeness (QED) is 0.389. The van der Waals surface area contributed by atoms with Crippen LogP contribution in [-0.4, -0.2) is 31.5 Å². The highest BCUT2D eigenvalue weighted by Crippen LogP contribution is 2.29. The molecule has 0 aliphatic carbocycles. The van der Waals surface area contributed by atoms with Crippen LogP contribution in [0.5, 0.6) is 5.75 Å². The number of amides is 2. The largest absolute Gasteiger partial charge is 0.484 e. The van der Waals surface area contributed by atoms with E-state index in [1.54, 1.807) is 30.3 Å². The van der Waals surface area contributed by atoms with Crippen molar-refractivity contribution in [1.82, 2.24) is 5.32 Å². The van der Waals surface area contributed by atoms with E-state index in [9.17, 15) is 9.59 Å². The number of piperidine rings is 1. The van der Waals surface area contributed by atoms with E-state index in [2.05, 4.69) is 22.5 Å². The first-order chi connectivity index (χ1) is 17.4. The third-order valence-corrected chi connectivity index (χ3v) is 6.73. The smallest absolute Gasteiger partial charge is 0.262 e. The molecule has 1 heterocycles. The van der Waals surface area contributed by atoms with Crippen LogP contribution >= 0.6 is 11.6 Å². The van der Waals surface area contributed by atoms with Crippen LogP contribution in [0, 0.1) is 5.92 Å². The Kier molecular flexibility index (Phi) is 8.49. The van der Waals surface area contributed by atoms with Crippen molar-refractivity contribution in [3.63, 3.8) is 0 Å². The summed E-state index contributed by atoms with van der Waals surface area (Å²) < 4.78 is 5.55. The molecule has 188 valence electrons. The molecule has 2 N–H and O–H groups in total. The van der Waals surface area contributed by atoms with E-state index in [4.69, 9.17) is 16.3 Å². The maximum absolute atomic E-state index is 13.4. The van der Waals surface area contributed by atoms with E-state index in [-0.39, 0.29) is 24.5 Å². The molecule has 7 heteroatoms. The SMILES string of the molecule is CC1CCN(c2ccc(NC(=O)COc3ccc(Cl)cc3)cc2C(=O)NC(C)c2ccccc2)CC1. The number of halogens is 1. The summed E-state index contributed by atoms with van der Waals surface area (Å²) in [5.41, 5.74) is 3.01. The fraction of sp³-hybridized carbons (Fsp3) is 0.310. The molecule has 4 rings (SSSR count). The summed E-state index contributed by atoms with van der Waals surface area (Å²) in [7, 11) is 0. The van der Waals surface area contributed by atoms with Crippen LogP contribution in [0.15, 0.2) is 72.8 Å². The van der Waals surface area contributed by atoms with E-state index >= 15 is 0 Å². The Bertz CT molecular complexity index is 1180. The van der Waals surface area contributed by atoms with Gasteiger partial charge < -0.3 is 20.3 Å². The van der Waals surface area contributed by atoms with E-state index < -0.39 is 0 Å². The fourth-order valence-corrected chi connectivity index (χ4v) is 4.42. The van der Waals surface area contributed by atoms with Crippen LogP contribution < -0.4 is 20.3 Å². The van der Waals surface area contributed by atoms with Crippen LogP contribution in [0.4, 0.5) is 11.4 Å². The maximum atomic E-state index is 13.4. The van der Waals surface area contributed by atoms with Crippen LogP contribution in [0.25, 0.3) is 0 Å². The molecule has 1 saturated heterocycles. The van der Waals surface area contributed by atoms with Crippen molar-refractivity contribution in [2.75, 3.05) is 29.9 Å². The molecule has 3 aromatic rings. The lowest BCUT2D eigenvalue weighted by Gasteiger charge is -2.33. The molecule has 3 aromatic carbocycles. The zero-order valence-corrected chi connectivity index (χ0v) is 21.4. The molecule has 1 atom stereocenters. The molecule has 1 fully saturated rings. The van der Waals surface area contributed by atoms with E-state index in [0.717, 1.165) is 37.2 Å². The molecule has 0 saturated carbocycles. The molecule has 0 bridgehead atoms. The van der Waals surface area contributed by atoms with Crippen LogP contribution in [0.1, 0.15) is 48.7 Å². The van der Waals surface area contributed by atoms with Gasteiger partial charge in [-0.05, 0) is 73.7 Å². The van der Waals surface area contributed by atoms with Gasteiger partial charge in [-0.2, -0.15) is 0 Å². The Morgan fingerprint density at radius 2 is 1.72 bits per heavy atom. The Morgan fingerprint density at radius 1 is 1.03 bits per heavy atom. The normalized spacial score (nSPS) is 14.7. The Labute approximate surface area is 217 Å². The molecule has 2 amide bonds. The van der Waals surface area contributed by atoms with Crippen LogP contribution in [-0.2, 0) is 4.79 Å². The number of ether oxygens (including phenoxy) is 1. The van der Waals surface area contributed by atoms with Crippen molar-refractivity contribution < 1.29 is 14.3 Å². The van der Waals surface area contributed by atoms with Gasteiger partial charge >= 0.3 is 0 Å². The topological polar surface area (TPSA) is 70.7 Å². The van der Waals surface area contributed by atoms with Crippen LogP contribution in [0.3, 0.4) is 0 Å². The molecular weight excluding hydrogens is 474 g/mol. The summed E-state index contributed by atoms with van der Waals surface area (Å²) in [6.07, 6.45) is 2.17. The van der Waals surface area contributed by atoms with Gasteiger partial charge in [0.1, 0.15) is 5.75 Å². The molecule has 0 radical (unpaired) electrons. The van der Waals surface area contributed by atoms with Gasteiger partial charge in [0.2, 0.25) is 0 Å². The number of rotatable bonds is 8. The van der Waals surface area contributed by atoms with Crippen molar-refractivity contribution in [2.45, 2.75) is 32.7 Å². The molecule has 1 aliphatic rings. The van der Waals surface area contributed by atoms with E-state index in [1.807, 2.05) is 49.4 Å². The summed E-state index contributed by atoms with van der Waals surface area (Å²) >= 11 is 5.89. The summed E-state index contributed by atoms with van der Waals surface area (Å²) in [5, 5.41) is 6.57. The summed E-state index contributed by atoms with van der Waals surface area (Å²) in [4.78, 5) is 28.3. The second-order valence-electron chi connectivity index (χ2n) is 9.30. The van der Waals surface area contributed by atoms with E-state index in [1.165, 1.54) is 0 Å². The van der Waals surface area contributed by atoms with Gasteiger partial charge in [-0.1, -0.05) is 48.9 Å². The lowest BCUT2D eigenvalue weighted by atomic mass is 9.97. The van der Waals surface area contributed by atoms with Crippen LogP contribution in [0.2, 0.25) is 5.02 Å². The minimum absolute atomic E-state index is 0.153. The molecule has 1 aliphatic heterocycles. The summed E-state index contributed by atoms with van der Waals surface area (Å²) in [6.45, 7) is 5.87. The first-order valence-electron chi connectivity index (χ1n) is 12.3. The zero-order chi connectivity index (χ0) is 25.5. The maximum Gasteiger partial charge on any atom is 0.262 e. The molecular formula is C29H32ClN3O3. The monoisotopic (exact) mass is 505 g/mol. The minimum atomic E-state index is -0.312. The van der Waals surface area contributed by atoms with Crippen molar-refractivity contribution in [3.05, 3.63) is 88.9 Å². The Balaban J connectivity index is 1.50. The third kappa shape index (κ3) is 6.79. The second kappa shape index (κ2) is 12.0. The lowest BCUT2D eigenvalue weighted by Crippen LogP contribution is -2.35. The van der Waals surface area contributed by atoms with Gasteiger partial charge in [-0.3, -0.25) is 9.59 Å². The average molecular weight is 506 g/mol. The number of carbonyl (C=O) groups excluding carboxylic acids is 2. The number of hydrogen-bond acceptors (Lipinski definition) is 4. The summed E-state index contributed by atoms with van der Waals surface area (Å²) in [6, 6.07) is 22.0. The Morgan fingerprint density at radius 3 is 2.42 bits per heavy atom. The first-order valence-corrected chi connectivity index (χ1v) is 12.7. The van der Waals surface area contributed by atoms with Crippen molar-refractivity contribution >= 4 is 34.8 Å². The van der Waals surface area contributed by atoms with Gasteiger partial charge in [0.25, 0.3) is 11.8 Å². The van der Waals surface area contributed by atoms with Crippen molar-refractivity contribution in [2.24, 2.45) is 5.92 Å². The predicted molar refractivity (Wildman–Crippen MR) is 145 cm³/mol.